The molecule has 4 aromatic rings. The van der Waals surface area contributed by atoms with Crippen molar-refractivity contribution in [3.63, 3.8) is 0 Å². The largest absolute Gasteiger partial charge is 0.483 e. The third-order valence-corrected chi connectivity index (χ3v) is 5.79. The molecule has 1 N–H and O–H groups in total. The average Bonchev–Trinajstić information content (AvgIpc) is 3.37. The Morgan fingerprint density at radius 2 is 1.92 bits per heavy atom. The predicted octanol–water partition coefficient (Wildman–Crippen LogP) is 5.94. The molecule has 0 aliphatic rings. The number of carbonyl (C=O) groups is 1. The second-order valence-corrected chi connectivity index (χ2v) is 8.25. The molecule has 0 spiro atoms. The SMILES string of the molecule is N#C/C(=C\c1cc([N+](=O)[O-])ccc1OCC(=O)Nc1ccccc1)c1nc(-c2ccc(F)cc2)cs1. The topological polar surface area (TPSA) is 118 Å². The molecule has 1 heterocycles. The van der Waals surface area contributed by atoms with Gasteiger partial charge in [0.25, 0.3) is 11.6 Å². The summed E-state index contributed by atoms with van der Waals surface area (Å²) in [6.45, 7) is -0.346. The van der Waals surface area contributed by atoms with E-state index in [1.807, 2.05) is 6.07 Å². The van der Waals surface area contributed by atoms with Gasteiger partial charge in [-0.3, -0.25) is 14.9 Å². The van der Waals surface area contributed by atoms with Gasteiger partial charge in [-0.25, -0.2) is 9.37 Å². The normalized spacial score (nSPS) is 10.9. The molecule has 4 rings (SSSR count). The van der Waals surface area contributed by atoms with Crippen LogP contribution in [-0.2, 0) is 4.79 Å². The van der Waals surface area contributed by atoms with Crippen LogP contribution in [0.1, 0.15) is 10.6 Å². The van der Waals surface area contributed by atoms with E-state index in [4.69, 9.17) is 4.74 Å². The van der Waals surface area contributed by atoms with Crippen molar-refractivity contribution in [1.82, 2.24) is 4.98 Å². The van der Waals surface area contributed by atoms with Gasteiger partial charge in [-0.05, 0) is 48.5 Å². The van der Waals surface area contributed by atoms with Gasteiger partial charge in [0.1, 0.15) is 22.6 Å². The number of allylic oxidation sites excluding steroid dienone is 1. The maximum absolute atomic E-state index is 13.2. The van der Waals surface area contributed by atoms with Crippen LogP contribution in [0.5, 0.6) is 5.75 Å². The minimum atomic E-state index is -0.564. The number of nitrogens with zero attached hydrogens (tertiary/aromatic N) is 3. The van der Waals surface area contributed by atoms with Crippen molar-refractivity contribution in [3.05, 3.63) is 105 Å². The molecule has 3 aromatic carbocycles. The molecule has 178 valence electrons. The number of nitrogens with one attached hydrogen (secondary N) is 1. The number of hydrogen-bond donors (Lipinski definition) is 1. The van der Waals surface area contributed by atoms with Crippen LogP contribution in [0.2, 0.25) is 0 Å². The number of hydrogen-bond acceptors (Lipinski definition) is 7. The molecular formula is C26H17FN4O4S. The average molecular weight is 501 g/mol. The maximum atomic E-state index is 13.2. The number of anilines is 1. The fraction of sp³-hybridized carbons (Fsp3) is 0.0385. The van der Waals surface area contributed by atoms with Crippen molar-refractivity contribution >= 4 is 40.3 Å². The van der Waals surface area contributed by atoms with E-state index in [9.17, 15) is 24.6 Å². The third-order valence-electron chi connectivity index (χ3n) is 4.92. The lowest BCUT2D eigenvalue weighted by Gasteiger charge is -2.10. The smallest absolute Gasteiger partial charge is 0.270 e. The Labute approximate surface area is 209 Å². The van der Waals surface area contributed by atoms with Gasteiger partial charge >= 0.3 is 0 Å². The highest BCUT2D eigenvalue weighted by Gasteiger charge is 2.15. The summed E-state index contributed by atoms with van der Waals surface area (Å²) >= 11 is 1.20. The first-order chi connectivity index (χ1) is 17.4. The van der Waals surface area contributed by atoms with Crippen LogP contribution in [0.4, 0.5) is 15.8 Å². The van der Waals surface area contributed by atoms with Gasteiger partial charge in [-0.1, -0.05) is 18.2 Å². The van der Waals surface area contributed by atoms with Crippen LogP contribution >= 0.6 is 11.3 Å². The summed E-state index contributed by atoms with van der Waals surface area (Å²) in [7, 11) is 0. The van der Waals surface area contributed by atoms with Crippen molar-refractivity contribution in [2.45, 2.75) is 0 Å². The molecule has 8 nitrogen and oxygen atoms in total. The number of rotatable bonds is 8. The second kappa shape index (κ2) is 11.0. The third kappa shape index (κ3) is 5.97. The highest BCUT2D eigenvalue weighted by atomic mass is 32.1. The van der Waals surface area contributed by atoms with Crippen molar-refractivity contribution in [1.29, 1.82) is 5.26 Å². The number of halogens is 1. The minimum absolute atomic E-state index is 0.146. The Bertz CT molecular complexity index is 1480. The molecule has 0 aliphatic heterocycles. The first kappa shape index (κ1) is 24.3. The molecule has 0 bridgehead atoms. The van der Waals surface area contributed by atoms with E-state index in [1.165, 1.54) is 47.7 Å². The lowest BCUT2D eigenvalue weighted by Crippen LogP contribution is -2.20. The summed E-state index contributed by atoms with van der Waals surface area (Å²) in [6, 6.07) is 20.6. The summed E-state index contributed by atoms with van der Waals surface area (Å²) in [4.78, 5) is 27.5. The van der Waals surface area contributed by atoms with Crippen molar-refractivity contribution in [2.75, 3.05) is 11.9 Å². The van der Waals surface area contributed by atoms with Gasteiger partial charge in [-0.2, -0.15) is 5.26 Å². The van der Waals surface area contributed by atoms with E-state index >= 15 is 0 Å². The molecule has 1 amide bonds. The fourth-order valence-corrected chi connectivity index (χ4v) is 4.00. The number of para-hydroxylation sites is 1. The van der Waals surface area contributed by atoms with Crippen molar-refractivity contribution in [3.8, 4) is 23.1 Å². The maximum Gasteiger partial charge on any atom is 0.270 e. The summed E-state index contributed by atoms with van der Waals surface area (Å²) in [5.41, 5.74) is 2.02. The van der Waals surface area contributed by atoms with Crippen LogP contribution in [-0.4, -0.2) is 22.4 Å². The van der Waals surface area contributed by atoms with Gasteiger partial charge in [0, 0.05) is 34.3 Å². The number of nitro benzene ring substituents is 1. The Kier molecular flexibility index (Phi) is 7.43. The molecule has 0 saturated heterocycles. The second-order valence-electron chi connectivity index (χ2n) is 7.40. The van der Waals surface area contributed by atoms with Crippen molar-refractivity contribution < 1.29 is 18.8 Å². The van der Waals surface area contributed by atoms with Gasteiger partial charge in [-0.15, -0.1) is 11.3 Å². The van der Waals surface area contributed by atoms with Gasteiger partial charge in [0.05, 0.1) is 16.2 Å². The number of nitro groups is 1. The Hall–Kier alpha value is -4.88. The Balaban J connectivity index is 1.60. The van der Waals surface area contributed by atoms with Crippen LogP contribution < -0.4 is 10.1 Å². The van der Waals surface area contributed by atoms with E-state index in [1.54, 1.807) is 41.8 Å². The molecule has 0 aliphatic carbocycles. The predicted molar refractivity (Wildman–Crippen MR) is 135 cm³/mol. The lowest BCUT2D eigenvalue weighted by atomic mass is 10.1. The number of benzene rings is 3. The Morgan fingerprint density at radius 3 is 2.61 bits per heavy atom. The molecule has 0 atom stereocenters. The van der Waals surface area contributed by atoms with Crippen LogP contribution in [0, 0.1) is 27.3 Å². The fourth-order valence-electron chi connectivity index (χ4n) is 3.20. The van der Waals surface area contributed by atoms with Crippen LogP contribution in [0.3, 0.4) is 0 Å². The number of thiazole rings is 1. The zero-order valence-electron chi connectivity index (χ0n) is 18.6. The van der Waals surface area contributed by atoms with Gasteiger partial charge in [0.15, 0.2) is 6.61 Å². The molecule has 36 heavy (non-hydrogen) atoms. The minimum Gasteiger partial charge on any atom is -0.483 e. The van der Waals surface area contributed by atoms with Crippen LogP contribution in [0.25, 0.3) is 22.9 Å². The summed E-state index contributed by atoms with van der Waals surface area (Å²) < 4.78 is 18.9. The Morgan fingerprint density at radius 1 is 1.17 bits per heavy atom. The molecule has 0 saturated carbocycles. The lowest BCUT2D eigenvalue weighted by molar-refractivity contribution is -0.384. The molecule has 0 fully saturated rings. The van der Waals surface area contributed by atoms with E-state index < -0.39 is 10.8 Å². The summed E-state index contributed by atoms with van der Waals surface area (Å²) in [6.07, 6.45) is 1.42. The summed E-state index contributed by atoms with van der Waals surface area (Å²) in [5.74, 6) is -0.604. The number of nitriles is 1. The monoisotopic (exact) mass is 500 g/mol. The number of aromatic nitrogens is 1. The quantitative estimate of drug-likeness (QED) is 0.182. The first-order valence-electron chi connectivity index (χ1n) is 10.5. The molecule has 1 aromatic heterocycles. The van der Waals surface area contributed by atoms with E-state index in [0.717, 1.165) is 0 Å². The number of carbonyl (C=O) groups excluding carboxylic acids is 1. The van der Waals surface area contributed by atoms with E-state index in [0.29, 0.717) is 22.0 Å². The summed E-state index contributed by atoms with van der Waals surface area (Å²) in [5, 5.41) is 25.9. The molecular weight excluding hydrogens is 483 g/mol. The van der Waals surface area contributed by atoms with Crippen molar-refractivity contribution in [2.24, 2.45) is 0 Å². The molecule has 10 heteroatoms. The highest BCUT2D eigenvalue weighted by molar-refractivity contribution is 7.11. The number of non-ortho nitro benzene ring substituents is 1. The molecule has 0 radical (unpaired) electrons. The number of amides is 1. The highest BCUT2D eigenvalue weighted by Crippen LogP contribution is 2.31. The number of ether oxygens (including phenoxy) is 1. The van der Waals surface area contributed by atoms with E-state index in [2.05, 4.69) is 16.4 Å². The zero-order valence-corrected chi connectivity index (χ0v) is 19.4. The van der Waals surface area contributed by atoms with Gasteiger partial charge in [0.2, 0.25) is 0 Å². The van der Waals surface area contributed by atoms with Crippen LogP contribution in [0.15, 0.2) is 78.2 Å². The van der Waals surface area contributed by atoms with E-state index in [-0.39, 0.29) is 35.0 Å². The van der Waals surface area contributed by atoms with Gasteiger partial charge < -0.3 is 10.1 Å². The first-order valence-corrected chi connectivity index (χ1v) is 11.4. The standard InChI is InChI=1S/C26H17FN4O4S/c27-20-8-6-17(7-9-20)23-16-36-26(30-23)19(14-28)12-18-13-22(31(33)34)10-11-24(18)35-15-25(32)29-21-4-2-1-3-5-21/h1-13,16H,15H2,(H,29,32)/b19-12+. The zero-order chi connectivity index (χ0) is 25.5. The molecule has 0 unspecified atom stereocenters.